The summed E-state index contributed by atoms with van der Waals surface area (Å²) >= 11 is 0. The second-order valence-electron chi connectivity index (χ2n) is 6.04. The van der Waals surface area contributed by atoms with Crippen LogP contribution >= 0.6 is 0 Å². The Bertz CT molecular complexity index is 499. The number of nitrogens with zero attached hydrogens (tertiary/aromatic N) is 2. The Hall–Kier alpha value is -1.58. The number of ether oxygens (including phenoxy) is 1. The summed E-state index contributed by atoms with van der Waals surface area (Å²) in [6.07, 6.45) is 5.00. The lowest BCUT2D eigenvalue weighted by molar-refractivity contribution is -0.128. The molecule has 2 fully saturated rings. The number of amides is 1. The van der Waals surface area contributed by atoms with Crippen LogP contribution in [0.1, 0.15) is 31.9 Å². The van der Waals surface area contributed by atoms with Crippen LogP contribution in [-0.2, 0) is 11.3 Å². The van der Waals surface area contributed by atoms with Gasteiger partial charge in [0.1, 0.15) is 5.75 Å². The van der Waals surface area contributed by atoms with E-state index in [-0.39, 0.29) is 11.3 Å². The van der Waals surface area contributed by atoms with Crippen LogP contribution in [0, 0.1) is 11.3 Å². The Morgan fingerprint density at radius 3 is 3.00 bits per heavy atom. The van der Waals surface area contributed by atoms with Gasteiger partial charge >= 0.3 is 0 Å². The highest BCUT2D eigenvalue weighted by Crippen LogP contribution is 2.50. The zero-order valence-corrected chi connectivity index (χ0v) is 11.6. The van der Waals surface area contributed by atoms with Crippen molar-refractivity contribution >= 4 is 5.91 Å². The normalized spacial score (nSPS) is 26.8. The fraction of sp³-hybridized carbons (Fsp3) is 0.600. The SMILES string of the molecule is COc1ccnc(CN2CC(C)(C3CC3)CC2=O)c1. The van der Waals surface area contributed by atoms with Gasteiger partial charge in [-0.05, 0) is 30.2 Å². The number of rotatable bonds is 4. The van der Waals surface area contributed by atoms with Crippen molar-refractivity contribution in [1.82, 2.24) is 9.88 Å². The highest BCUT2D eigenvalue weighted by molar-refractivity contribution is 5.79. The lowest BCUT2D eigenvalue weighted by Gasteiger charge is -2.23. The Kier molecular flexibility index (Phi) is 2.96. The Labute approximate surface area is 113 Å². The van der Waals surface area contributed by atoms with E-state index in [1.807, 2.05) is 17.0 Å². The molecule has 0 spiro atoms. The minimum Gasteiger partial charge on any atom is -0.497 e. The monoisotopic (exact) mass is 260 g/mol. The zero-order valence-electron chi connectivity index (χ0n) is 11.6. The summed E-state index contributed by atoms with van der Waals surface area (Å²) in [6, 6.07) is 3.73. The fourth-order valence-corrected chi connectivity index (χ4v) is 3.10. The molecule has 0 aromatic carbocycles. The second-order valence-corrected chi connectivity index (χ2v) is 6.04. The number of carbonyl (C=O) groups excluding carboxylic acids is 1. The molecule has 1 aliphatic heterocycles. The van der Waals surface area contributed by atoms with Crippen molar-refractivity contribution in [2.24, 2.45) is 11.3 Å². The maximum atomic E-state index is 12.1. The molecule has 0 radical (unpaired) electrons. The van der Waals surface area contributed by atoms with E-state index < -0.39 is 0 Å². The van der Waals surface area contributed by atoms with Crippen molar-refractivity contribution in [3.63, 3.8) is 0 Å². The molecule has 1 saturated carbocycles. The number of carbonyl (C=O) groups is 1. The van der Waals surface area contributed by atoms with Gasteiger partial charge in [-0.2, -0.15) is 0 Å². The largest absolute Gasteiger partial charge is 0.497 e. The summed E-state index contributed by atoms with van der Waals surface area (Å²) < 4.78 is 5.19. The topological polar surface area (TPSA) is 42.4 Å². The van der Waals surface area contributed by atoms with Crippen molar-refractivity contribution in [3.8, 4) is 5.75 Å². The molecule has 1 aliphatic carbocycles. The molecule has 2 aliphatic rings. The van der Waals surface area contributed by atoms with E-state index in [1.54, 1.807) is 13.3 Å². The maximum absolute atomic E-state index is 12.1. The lowest BCUT2D eigenvalue weighted by Crippen LogP contribution is -2.28. The maximum Gasteiger partial charge on any atom is 0.223 e. The summed E-state index contributed by atoms with van der Waals surface area (Å²) in [4.78, 5) is 18.4. The summed E-state index contributed by atoms with van der Waals surface area (Å²) in [5.74, 6) is 1.81. The first-order chi connectivity index (χ1) is 9.10. The van der Waals surface area contributed by atoms with E-state index in [4.69, 9.17) is 4.74 Å². The van der Waals surface area contributed by atoms with Crippen LogP contribution in [0.2, 0.25) is 0 Å². The van der Waals surface area contributed by atoms with E-state index in [2.05, 4.69) is 11.9 Å². The molecule has 0 N–H and O–H groups in total. The molecule has 102 valence electrons. The molecule has 3 rings (SSSR count). The first-order valence-electron chi connectivity index (χ1n) is 6.87. The molecule has 0 bridgehead atoms. The molecule has 1 atom stereocenters. The molecule has 1 amide bonds. The van der Waals surface area contributed by atoms with E-state index in [0.717, 1.165) is 23.9 Å². The van der Waals surface area contributed by atoms with Gasteiger partial charge in [-0.15, -0.1) is 0 Å². The summed E-state index contributed by atoms with van der Waals surface area (Å²) in [5.41, 5.74) is 1.09. The highest BCUT2D eigenvalue weighted by atomic mass is 16.5. The van der Waals surface area contributed by atoms with Crippen LogP contribution in [0.3, 0.4) is 0 Å². The van der Waals surface area contributed by atoms with Crippen molar-refractivity contribution in [3.05, 3.63) is 24.0 Å². The smallest absolute Gasteiger partial charge is 0.223 e. The molecule has 1 unspecified atom stereocenters. The predicted molar refractivity (Wildman–Crippen MR) is 71.7 cm³/mol. The van der Waals surface area contributed by atoms with Crippen LogP contribution in [0.5, 0.6) is 5.75 Å². The van der Waals surface area contributed by atoms with Gasteiger partial charge in [0.05, 0.1) is 19.3 Å². The average molecular weight is 260 g/mol. The number of methoxy groups -OCH3 is 1. The third-order valence-electron chi connectivity index (χ3n) is 4.40. The fourth-order valence-electron chi connectivity index (χ4n) is 3.10. The Morgan fingerprint density at radius 2 is 2.32 bits per heavy atom. The van der Waals surface area contributed by atoms with E-state index in [9.17, 15) is 4.79 Å². The minimum absolute atomic E-state index is 0.190. The summed E-state index contributed by atoms with van der Waals surface area (Å²) in [6.45, 7) is 3.72. The van der Waals surface area contributed by atoms with Gasteiger partial charge < -0.3 is 9.64 Å². The van der Waals surface area contributed by atoms with Crippen molar-refractivity contribution < 1.29 is 9.53 Å². The molecule has 4 nitrogen and oxygen atoms in total. The van der Waals surface area contributed by atoms with Crippen molar-refractivity contribution in [2.75, 3.05) is 13.7 Å². The molecule has 1 saturated heterocycles. The van der Waals surface area contributed by atoms with E-state index in [1.165, 1.54) is 12.8 Å². The standard InChI is InChI=1S/C15H20N2O2/c1-15(11-3-4-11)8-14(18)17(10-15)9-12-7-13(19-2)5-6-16-12/h5-7,11H,3-4,8-10H2,1-2H3. The first-order valence-corrected chi connectivity index (χ1v) is 6.87. The second kappa shape index (κ2) is 4.51. The molecular weight excluding hydrogens is 240 g/mol. The van der Waals surface area contributed by atoms with Crippen LogP contribution in [-0.4, -0.2) is 29.4 Å². The summed E-state index contributed by atoms with van der Waals surface area (Å²) in [5, 5.41) is 0. The lowest BCUT2D eigenvalue weighted by atomic mass is 9.84. The van der Waals surface area contributed by atoms with Crippen LogP contribution in [0.25, 0.3) is 0 Å². The number of pyridine rings is 1. The van der Waals surface area contributed by atoms with Crippen molar-refractivity contribution in [1.29, 1.82) is 0 Å². The number of hydrogen-bond donors (Lipinski definition) is 0. The first kappa shape index (κ1) is 12.5. The van der Waals surface area contributed by atoms with Gasteiger partial charge in [0.15, 0.2) is 0 Å². The molecular formula is C15H20N2O2. The molecule has 19 heavy (non-hydrogen) atoms. The van der Waals surface area contributed by atoms with Gasteiger partial charge in [0.2, 0.25) is 5.91 Å². The number of hydrogen-bond acceptors (Lipinski definition) is 3. The van der Waals surface area contributed by atoms with Crippen LogP contribution < -0.4 is 4.74 Å². The highest BCUT2D eigenvalue weighted by Gasteiger charge is 2.49. The van der Waals surface area contributed by atoms with E-state index in [0.29, 0.717) is 13.0 Å². The quantitative estimate of drug-likeness (QED) is 0.833. The zero-order chi connectivity index (χ0) is 13.5. The Balaban J connectivity index is 1.71. The van der Waals surface area contributed by atoms with Crippen LogP contribution in [0.15, 0.2) is 18.3 Å². The van der Waals surface area contributed by atoms with Crippen molar-refractivity contribution in [2.45, 2.75) is 32.7 Å². The van der Waals surface area contributed by atoms with Crippen LogP contribution in [0.4, 0.5) is 0 Å². The number of aromatic nitrogens is 1. The van der Waals surface area contributed by atoms with Gasteiger partial charge in [-0.3, -0.25) is 9.78 Å². The van der Waals surface area contributed by atoms with Gasteiger partial charge in [-0.1, -0.05) is 6.92 Å². The van der Waals surface area contributed by atoms with Gasteiger partial charge in [0.25, 0.3) is 0 Å². The number of likely N-dealkylation sites (tertiary alicyclic amines) is 1. The minimum atomic E-state index is 0.190. The Morgan fingerprint density at radius 1 is 1.53 bits per heavy atom. The summed E-state index contributed by atoms with van der Waals surface area (Å²) in [7, 11) is 1.64. The molecule has 4 heteroatoms. The molecule has 1 aromatic rings. The molecule has 1 aromatic heterocycles. The third kappa shape index (κ3) is 2.44. The predicted octanol–water partition coefficient (Wildman–Crippen LogP) is 2.24. The van der Waals surface area contributed by atoms with Gasteiger partial charge in [0, 0.05) is 25.2 Å². The van der Waals surface area contributed by atoms with Gasteiger partial charge in [-0.25, -0.2) is 0 Å². The third-order valence-corrected chi connectivity index (χ3v) is 4.40. The molecule has 2 heterocycles. The van der Waals surface area contributed by atoms with E-state index >= 15 is 0 Å². The average Bonchev–Trinajstić information content (AvgIpc) is 3.19.